The van der Waals surface area contributed by atoms with E-state index in [1.807, 2.05) is 49.4 Å². The van der Waals surface area contributed by atoms with Crippen molar-refractivity contribution in [1.29, 1.82) is 0 Å². The number of cyclic esters (lactones) is 1. The molecular formula is C31H41N3O5S. The van der Waals surface area contributed by atoms with E-state index in [0.717, 1.165) is 30.9 Å². The number of amides is 2. The molecule has 5 rings (SSSR count). The van der Waals surface area contributed by atoms with Crippen LogP contribution in [0.3, 0.4) is 0 Å². The van der Waals surface area contributed by atoms with E-state index in [0.29, 0.717) is 39.0 Å². The first-order valence-corrected chi connectivity index (χ1v) is 15.4. The van der Waals surface area contributed by atoms with Crippen LogP contribution in [-0.2, 0) is 19.1 Å². The standard InChI is InChI=1S/C31H41N3O5S/c1-4-32(5-2)22-12-14-23(15-13-22)33-19-11-17-31-24(25-29(38)39-21-10-7-16-30(25,3)40-31)27(36)34(26(31)28(33)37)18-8-6-9-20-35/h7,11-17,24-26,35H,4-6,8-10,18-21H2,1-3H3/t24-,25+,26?,30-,31-/m0/s1. The number of anilines is 2. The summed E-state index contributed by atoms with van der Waals surface area (Å²) in [5.41, 5.74) is 1.89. The van der Waals surface area contributed by atoms with Crippen molar-refractivity contribution in [2.75, 3.05) is 49.2 Å². The first-order chi connectivity index (χ1) is 19.3. The molecule has 1 N–H and O–H groups in total. The Labute approximate surface area is 241 Å². The lowest BCUT2D eigenvalue weighted by Gasteiger charge is -2.37. The Bertz CT molecular complexity index is 1180. The molecule has 4 aliphatic rings. The average Bonchev–Trinajstić information content (AvgIpc) is 3.26. The molecule has 1 aromatic rings. The van der Waals surface area contributed by atoms with Crippen molar-refractivity contribution in [3.8, 4) is 0 Å². The van der Waals surface area contributed by atoms with Crippen LogP contribution in [0.15, 0.2) is 48.6 Å². The molecule has 4 aliphatic heterocycles. The van der Waals surface area contributed by atoms with Gasteiger partial charge in [0.05, 0.1) is 23.2 Å². The van der Waals surface area contributed by atoms with Gasteiger partial charge in [-0.05, 0) is 70.7 Å². The second-order valence-corrected chi connectivity index (χ2v) is 13.0. The van der Waals surface area contributed by atoms with Gasteiger partial charge >= 0.3 is 5.97 Å². The zero-order valence-electron chi connectivity index (χ0n) is 23.8. The van der Waals surface area contributed by atoms with E-state index in [4.69, 9.17) is 4.74 Å². The largest absolute Gasteiger partial charge is 0.465 e. The lowest BCUT2D eigenvalue weighted by atomic mass is 9.74. The number of rotatable bonds is 9. The Morgan fingerprint density at radius 3 is 2.45 bits per heavy atom. The number of nitrogens with zero attached hydrogens (tertiary/aromatic N) is 3. The summed E-state index contributed by atoms with van der Waals surface area (Å²) in [6.07, 6.45) is 10.8. The summed E-state index contributed by atoms with van der Waals surface area (Å²) >= 11 is 1.57. The molecule has 5 atom stereocenters. The number of fused-ring (bicyclic) bond motifs is 2. The molecule has 0 aliphatic carbocycles. The first kappa shape index (κ1) is 28.7. The van der Waals surface area contributed by atoms with Crippen LogP contribution in [0.1, 0.15) is 46.5 Å². The number of benzene rings is 1. The topological polar surface area (TPSA) is 90.4 Å². The molecule has 2 fully saturated rings. The normalized spacial score (nSPS) is 31.3. The summed E-state index contributed by atoms with van der Waals surface area (Å²) in [6, 6.07) is 7.31. The van der Waals surface area contributed by atoms with Crippen LogP contribution in [0.2, 0.25) is 0 Å². The van der Waals surface area contributed by atoms with E-state index in [1.54, 1.807) is 21.6 Å². The number of ether oxygens (including phenoxy) is 1. The lowest BCUT2D eigenvalue weighted by molar-refractivity contribution is -0.154. The number of carbonyl (C=O) groups excluding carboxylic acids is 3. The number of unbranched alkanes of at least 4 members (excludes halogenated alkanes) is 2. The minimum absolute atomic E-state index is 0.0946. The van der Waals surface area contributed by atoms with Gasteiger partial charge in [0.15, 0.2) is 0 Å². The summed E-state index contributed by atoms with van der Waals surface area (Å²) in [6.45, 7) is 9.22. The highest BCUT2D eigenvalue weighted by Crippen LogP contribution is 2.65. The Kier molecular flexibility index (Phi) is 8.34. The zero-order chi connectivity index (χ0) is 28.5. The van der Waals surface area contributed by atoms with Crippen LogP contribution in [-0.4, -0.2) is 82.7 Å². The van der Waals surface area contributed by atoms with Crippen molar-refractivity contribution in [2.45, 2.75) is 62.0 Å². The summed E-state index contributed by atoms with van der Waals surface area (Å²) < 4.78 is 4.07. The Balaban J connectivity index is 1.55. The molecule has 0 aromatic heterocycles. The molecule has 0 bridgehead atoms. The predicted octanol–water partition coefficient (Wildman–Crippen LogP) is 3.79. The van der Waals surface area contributed by atoms with Crippen molar-refractivity contribution in [3.63, 3.8) is 0 Å². The van der Waals surface area contributed by atoms with Gasteiger partial charge in [0.1, 0.15) is 6.04 Å². The van der Waals surface area contributed by atoms with Crippen LogP contribution in [0, 0.1) is 11.8 Å². The monoisotopic (exact) mass is 567 g/mol. The maximum absolute atomic E-state index is 14.6. The van der Waals surface area contributed by atoms with Gasteiger partial charge in [0, 0.05) is 48.9 Å². The third-order valence-corrected chi connectivity index (χ3v) is 10.7. The van der Waals surface area contributed by atoms with Crippen molar-refractivity contribution in [3.05, 3.63) is 48.6 Å². The fraction of sp³-hybridized carbons (Fsp3) is 0.581. The molecule has 9 heteroatoms. The first-order valence-electron chi connectivity index (χ1n) is 14.6. The smallest absolute Gasteiger partial charge is 0.311 e. The van der Waals surface area contributed by atoms with E-state index < -0.39 is 27.4 Å². The second kappa shape index (κ2) is 11.6. The van der Waals surface area contributed by atoms with Crippen LogP contribution < -0.4 is 9.80 Å². The molecule has 40 heavy (non-hydrogen) atoms. The molecule has 2 saturated heterocycles. The minimum Gasteiger partial charge on any atom is -0.465 e. The molecular weight excluding hydrogens is 526 g/mol. The summed E-state index contributed by atoms with van der Waals surface area (Å²) in [5.74, 6) is -2.00. The summed E-state index contributed by atoms with van der Waals surface area (Å²) in [5, 5.41) is 9.28. The third kappa shape index (κ3) is 4.75. The summed E-state index contributed by atoms with van der Waals surface area (Å²) in [7, 11) is 0. The molecule has 1 aromatic carbocycles. The Morgan fingerprint density at radius 1 is 1.00 bits per heavy atom. The van der Waals surface area contributed by atoms with Crippen molar-refractivity contribution in [1.82, 2.24) is 4.90 Å². The van der Waals surface area contributed by atoms with Gasteiger partial charge in [-0.15, -0.1) is 11.8 Å². The van der Waals surface area contributed by atoms with Crippen molar-refractivity contribution < 1.29 is 24.2 Å². The van der Waals surface area contributed by atoms with Crippen LogP contribution in [0.5, 0.6) is 0 Å². The Morgan fingerprint density at radius 2 is 1.75 bits per heavy atom. The van der Waals surface area contributed by atoms with Gasteiger partial charge in [-0.2, -0.15) is 0 Å². The van der Waals surface area contributed by atoms with Crippen LogP contribution >= 0.6 is 11.8 Å². The lowest BCUT2D eigenvalue weighted by Crippen LogP contribution is -2.53. The number of thioether (sulfide) groups is 1. The van der Waals surface area contributed by atoms with E-state index in [1.165, 1.54) is 0 Å². The van der Waals surface area contributed by atoms with E-state index >= 15 is 0 Å². The number of carbonyl (C=O) groups is 3. The van der Waals surface area contributed by atoms with E-state index in [2.05, 4.69) is 24.8 Å². The maximum atomic E-state index is 14.6. The predicted molar refractivity (Wildman–Crippen MR) is 158 cm³/mol. The number of aliphatic hydroxyl groups excluding tert-OH is 1. The molecule has 2 amide bonds. The summed E-state index contributed by atoms with van der Waals surface area (Å²) in [4.78, 5) is 48.0. The molecule has 1 unspecified atom stereocenters. The minimum atomic E-state index is -0.881. The highest BCUT2D eigenvalue weighted by Gasteiger charge is 2.73. The van der Waals surface area contributed by atoms with Gasteiger partial charge in [0.2, 0.25) is 5.91 Å². The molecule has 4 heterocycles. The van der Waals surface area contributed by atoms with Gasteiger partial charge in [-0.25, -0.2) is 0 Å². The van der Waals surface area contributed by atoms with E-state index in [-0.39, 0.29) is 24.4 Å². The zero-order valence-corrected chi connectivity index (χ0v) is 24.6. The van der Waals surface area contributed by atoms with Crippen LogP contribution in [0.25, 0.3) is 0 Å². The molecule has 8 nitrogen and oxygen atoms in total. The van der Waals surface area contributed by atoms with Crippen molar-refractivity contribution >= 4 is 40.9 Å². The number of aliphatic hydroxyl groups is 1. The quantitative estimate of drug-likeness (QED) is 0.276. The number of likely N-dealkylation sites (tertiary alicyclic amines) is 1. The van der Waals surface area contributed by atoms with Gasteiger partial charge in [-0.1, -0.05) is 24.3 Å². The molecule has 0 radical (unpaired) electrons. The van der Waals surface area contributed by atoms with Crippen LogP contribution in [0.4, 0.5) is 11.4 Å². The SMILES string of the molecule is CCN(CC)c1ccc(N2CC=C[C@]34S[C@@]5(C)C=CCCOC(=O)[C@H]5[C@H]3C(=O)N(CCCCCO)C4C2=O)cc1. The Hall–Kier alpha value is -2.78. The van der Waals surface area contributed by atoms with E-state index in [9.17, 15) is 19.5 Å². The maximum Gasteiger partial charge on any atom is 0.311 e. The second-order valence-electron chi connectivity index (χ2n) is 11.2. The van der Waals surface area contributed by atoms with Gasteiger partial charge < -0.3 is 24.5 Å². The van der Waals surface area contributed by atoms with Crippen molar-refractivity contribution in [2.24, 2.45) is 11.8 Å². The molecule has 216 valence electrons. The van der Waals surface area contributed by atoms with Gasteiger partial charge in [0.25, 0.3) is 5.91 Å². The number of esters is 1. The fourth-order valence-electron chi connectivity index (χ4n) is 6.96. The number of hydrogen-bond donors (Lipinski definition) is 1. The molecule has 1 spiro atoms. The number of hydrogen-bond acceptors (Lipinski definition) is 7. The van der Waals surface area contributed by atoms with Gasteiger partial charge in [-0.3, -0.25) is 14.4 Å². The third-order valence-electron chi connectivity index (χ3n) is 8.87. The average molecular weight is 568 g/mol. The molecule has 0 saturated carbocycles. The highest BCUT2D eigenvalue weighted by atomic mass is 32.2. The highest BCUT2D eigenvalue weighted by molar-refractivity contribution is 8.02. The fourth-order valence-corrected chi connectivity index (χ4v) is 9.12.